The first-order chi connectivity index (χ1) is 39.2. The Morgan fingerprint density at radius 3 is 1.32 bits per heavy atom. The SMILES string of the molecule is CC=CC[C@@H](C)[C@H](O)[C@H]1C(=O)N[C@@H](CC)C(=O)N(C)CC(=O)N(C)[C@@H](CC(C)C)C(=O)N[C@@H](C(C)C)C(=O)N(C)[C@@H](CC(C)C)C(=O)N[C@@H](C)C(=O)N[C@H](C)C(=O)N(C)[C@@H](CC(C)C)C(=O)N(C)[C@@H](CC(C)C)C(=O)N(C)[C@@H](C(C)C)C(=O)N1C. The summed E-state index contributed by atoms with van der Waals surface area (Å²) in [7, 11) is 9.92. The maximum Gasteiger partial charge on any atom is 0.246 e. The van der Waals surface area contributed by atoms with E-state index >= 15 is 9.59 Å². The van der Waals surface area contributed by atoms with Crippen LogP contribution in [0.3, 0.4) is 0 Å². The highest BCUT2D eigenvalue weighted by atomic mass is 16.3. The van der Waals surface area contributed by atoms with Gasteiger partial charge in [0.1, 0.15) is 60.4 Å². The summed E-state index contributed by atoms with van der Waals surface area (Å²) in [5, 5.41) is 23.1. The largest absolute Gasteiger partial charge is 0.390 e. The number of hydrogen-bond acceptors (Lipinski definition) is 12. The summed E-state index contributed by atoms with van der Waals surface area (Å²) in [6.45, 7) is 29.3. The number of carbonyl (C=O) groups excluding carboxylic acids is 11. The van der Waals surface area contributed by atoms with Gasteiger partial charge in [-0.05, 0) is 101 Å². The van der Waals surface area contributed by atoms with Crippen LogP contribution in [0.15, 0.2) is 12.2 Å². The lowest BCUT2D eigenvalue weighted by molar-refractivity contribution is -0.157. The molecular weight excluding hydrogens is 1090 g/mol. The average molecular weight is 1200 g/mol. The Morgan fingerprint density at radius 2 is 0.871 bits per heavy atom. The number of carbonyl (C=O) groups is 11. The highest BCUT2D eigenvalue weighted by Crippen LogP contribution is 2.26. The molecule has 0 bridgehead atoms. The van der Waals surface area contributed by atoms with Crippen LogP contribution in [0, 0.1) is 41.4 Å². The monoisotopic (exact) mass is 1200 g/mol. The molecule has 5 N–H and O–H groups in total. The lowest BCUT2D eigenvalue weighted by Crippen LogP contribution is -2.63. The van der Waals surface area contributed by atoms with Crippen molar-refractivity contribution in [1.82, 2.24) is 55.6 Å². The zero-order valence-electron chi connectivity index (χ0n) is 56.1. The van der Waals surface area contributed by atoms with E-state index in [1.807, 2.05) is 61.5 Å². The molecule has 486 valence electrons. The quantitative estimate of drug-likeness (QED) is 0.148. The Morgan fingerprint density at radius 1 is 0.459 bits per heavy atom. The van der Waals surface area contributed by atoms with Gasteiger partial charge in [-0.25, -0.2) is 0 Å². The molecule has 1 aliphatic rings. The number of nitrogens with one attached hydrogen (secondary N) is 4. The van der Waals surface area contributed by atoms with Crippen molar-refractivity contribution in [3.63, 3.8) is 0 Å². The van der Waals surface area contributed by atoms with Gasteiger partial charge in [0.2, 0.25) is 65.0 Å². The third kappa shape index (κ3) is 21.7. The molecule has 1 heterocycles. The zero-order valence-corrected chi connectivity index (χ0v) is 56.1. The molecule has 0 spiro atoms. The van der Waals surface area contributed by atoms with E-state index in [2.05, 4.69) is 21.3 Å². The Hall–Kier alpha value is -6.13. The predicted molar refractivity (Wildman–Crippen MR) is 328 cm³/mol. The summed E-state index contributed by atoms with van der Waals surface area (Å²) in [6, 6.07) is -12.3. The van der Waals surface area contributed by atoms with Gasteiger partial charge in [-0.15, -0.1) is 0 Å². The average Bonchev–Trinajstić information content (AvgIpc) is 3.62. The van der Waals surface area contributed by atoms with Crippen LogP contribution < -0.4 is 21.3 Å². The van der Waals surface area contributed by atoms with Crippen molar-refractivity contribution in [3.8, 4) is 0 Å². The van der Waals surface area contributed by atoms with E-state index < -0.39 is 156 Å². The number of aliphatic hydroxyl groups is 1. The van der Waals surface area contributed by atoms with Gasteiger partial charge >= 0.3 is 0 Å². The summed E-state index contributed by atoms with van der Waals surface area (Å²) < 4.78 is 0. The molecule has 0 aromatic heterocycles. The van der Waals surface area contributed by atoms with E-state index in [0.29, 0.717) is 6.42 Å². The van der Waals surface area contributed by atoms with E-state index in [9.17, 15) is 48.3 Å². The molecule has 1 saturated heterocycles. The lowest BCUT2D eigenvalue weighted by Gasteiger charge is -2.41. The summed E-state index contributed by atoms with van der Waals surface area (Å²) >= 11 is 0. The van der Waals surface area contributed by atoms with Crippen molar-refractivity contribution in [2.24, 2.45) is 41.4 Å². The standard InChI is InChI=1S/C62H111N11O12/c1-25-27-28-40(15)52(75)51-56(79)65-43(26-2)58(81)67(18)33-48(74)68(19)44(29-34(3)4)55(78)66-49(38(11)12)61(84)69(20)45(30-35(5)6)54(77)63-41(16)53(76)64-42(17)57(80)70(21)46(31-36(7)8)59(82)71(22)47(32-37(9)10)60(83)72(23)50(39(13)14)62(85)73(51)24/h25,27,34-47,49-52,75H,26,28-33H2,1-24H3,(H,63,77)(H,64,76)(H,65,79)(H,66,78)/t40-,41+,42-,43+,44+,45+,46+,47+,49+,50+,51+,52+/m1/s1. The van der Waals surface area contributed by atoms with Crippen molar-refractivity contribution in [2.45, 2.75) is 223 Å². The van der Waals surface area contributed by atoms with Crippen LogP contribution in [0.25, 0.3) is 0 Å². The lowest BCUT2D eigenvalue weighted by atomic mass is 9.91. The summed E-state index contributed by atoms with van der Waals surface area (Å²) in [5.41, 5.74) is 0. The molecule has 1 rings (SSSR count). The van der Waals surface area contributed by atoms with Gasteiger partial charge in [0.15, 0.2) is 0 Å². The first-order valence-electron chi connectivity index (χ1n) is 30.6. The minimum absolute atomic E-state index is 0.0229. The van der Waals surface area contributed by atoms with Gasteiger partial charge in [0.25, 0.3) is 0 Å². The third-order valence-electron chi connectivity index (χ3n) is 16.1. The van der Waals surface area contributed by atoms with Crippen molar-refractivity contribution < 1.29 is 57.8 Å². The molecule has 1 aliphatic heterocycles. The maximum absolute atomic E-state index is 15.1. The van der Waals surface area contributed by atoms with Gasteiger partial charge < -0.3 is 60.7 Å². The van der Waals surface area contributed by atoms with Crippen molar-refractivity contribution in [1.29, 1.82) is 0 Å². The predicted octanol–water partition coefficient (Wildman–Crippen LogP) is 3.27. The van der Waals surface area contributed by atoms with Crippen LogP contribution in [0.1, 0.15) is 156 Å². The van der Waals surface area contributed by atoms with Crippen LogP contribution in [-0.2, 0) is 52.7 Å². The second kappa shape index (κ2) is 34.9. The number of amides is 11. The minimum atomic E-state index is -1.61. The molecule has 0 aromatic rings. The van der Waals surface area contributed by atoms with E-state index in [4.69, 9.17) is 0 Å². The maximum atomic E-state index is 15.1. The molecule has 23 heteroatoms. The molecule has 0 aliphatic carbocycles. The molecule has 23 nitrogen and oxygen atoms in total. The Bertz CT molecular complexity index is 2330. The van der Waals surface area contributed by atoms with E-state index in [-0.39, 0.29) is 55.8 Å². The van der Waals surface area contributed by atoms with Gasteiger partial charge in [0.05, 0.1) is 12.6 Å². The molecule has 1 fully saturated rings. The Labute approximate surface area is 508 Å². The second-order valence-electron chi connectivity index (χ2n) is 26.1. The highest BCUT2D eigenvalue weighted by Gasteiger charge is 2.45. The zero-order chi connectivity index (χ0) is 66.0. The third-order valence-corrected chi connectivity index (χ3v) is 16.1. The summed E-state index contributed by atoms with van der Waals surface area (Å²) in [5.74, 6) is -9.71. The number of nitrogens with zero attached hydrogens (tertiary/aromatic N) is 7. The fourth-order valence-electron chi connectivity index (χ4n) is 10.7. The number of allylic oxidation sites excluding steroid dienone is 2. The van der Waals surface area contributed by atoms with Crippen molar-refractivity contribution in [2.75, 3.05) is 55.9 Å². The Balaban J connectivity index is 4.32. The van der Waals surface area contributed by atoms with Crippen LogP contribution >= 0.6 is 0 Å². The molecule has 0 aromatic carbocycles. The number of aliphatic hydroxyl groups excluding tert-OH is 1. The van der Waals surface area contributed by atoms with Gasteiger partial charge in [-0.3, -0.25) is 52.7 Å². The number of hydrogen-bond donors (Lipinski definition) is 5. The summed E-state index contributed by atoms with van der Waals surface area (Å²) in [4.78, 5) is 169. The van der Waals surface area contributed by atoms with E-state index in [1.54, 1.807) is 54.5 Å². The van der Waals surface area contributed by atoms with Crippen LogP contribution in [0.4, 0.5) is 0 Å². The second-order valence-corrected chi connectivity index (χ2v) is 26.1. The number of rotatable bonds is 15. The summed E-state index contributed by atoms with van der Waals surface area (Å²) in [6.07, 6.45) is 3.04. The van der Waals surface area contributed by atoms with E-state index in [0.717, 1.165) is 9.80 Å². The normalized spacial score (nSPS) is 26.9. The minimum Gasteiger partial charge on any atom is -0.390 e. The smallest absolute Gasteiger partial charge is 0.246 e. The van der Waals surface area contributed by atoms with E-state index in [1.165, 1.54) is 87.7 Å². The van der Waals surface area contributed by atoms with Gasteiger partial charge in [-0.2, -0.15) is 0 Å². The van der Waals surface area contributed by atoms with Crippen molar-refractivity contribution >= 4 is 65.0 Å². The molecule has 85 heavy (non-hydrogen) atoms. The van der Waals surface area contributed by atoms with Crippen LogP contribution in [-0.4, -0.2) is 227 Å². The molecule has 11 amide bonds. The van der Waals surface area contributed by atoms with Crippen LogP contribution in [0.2, 0.25) is 0 Å². The van der Waals surface area contributed by atoms with Gasteiger partial charge in [-0.1, -0.05) is 109 Å². The Kier molecular flexibility index (Phi) is 31.5. The first-order valence-corrected chi connectivity index (χ1v) is 30.6. The van der Waals surface area contributed by atoms with Crippen molar-refractivity contribution in [3.05, 3.63) is 12.2 Å². The molecular formula is C62H111N11O12. The molecule has 0 radical (unpaired) electrons. The fraction of sp³-hybridized carbons (Fsp3) is 0.790. The molecule has 0 unspecified atom stereocenters. The molecule has 12 atom stereocenters. The van der Waals surface area contributed by atoms with Gasteiger partial charge in [0, 0.05) is 49.3 Å². The topological polar surface area (TPSA) is 279 Å². The number of likely N-dealkylation sites (N-methyl/N-ethyl adjacent to an activating group) is 7. The molecule has 0 saturated carbocycles. The highest BCUT2D eigenvalue weighted by molar-refractivity contribution is 5.99. The first kappa shape index (κ1) is 76.9. The fourth-order valence-corrected chi connectivity index (χ4v) is 10.7. The van der Waals surface area contributed by atoms with Crippen LogP contribution in [0.5, 0.6) is 0 Å².